The largest absolute Gasteiger partial charge is 0.376 e. The lowest BCUT2D eigenvalue weighted by Crippen LogP contribution is -2.44. The van der Waals surface area contributed by atoms with Crippen LogP contribution in [0.2, 0.25) is 0 Å². The van der Waals surface area contributed by atoms with Gasteiger partial charge in [0.25, 0.3) is 0 Å². The molecule has 2 fully saturated rings. The van der Waals surface area contributed by atoms with Crippen molar-refractivity contribution in [2.24, 2.45) is 16.8 Å². The number of ether oxygens (including phenoxy) is 1. The van der Waals surface area contributed by atoms with Crippen LogP contribution in [0.15, 0.2) is 52.8 Å². The lowest BCUT2D eigenvalue weighted by Gasteiger charge is -2.32. The maximum absolute atomic E-state index is 5.98. The quantitative estimate of drug-likeness (QED) is 0.496. The van der Waals surface area contributed by atoms with Crippen LogP contribution in [0, 0.1) is 11.8 Å². The van der Waals surface area contributed by atoms with Gasteiger partial charge in [0.05, 0.1) is 13.2 Å². The molecule has 3 heterocycles. The Bertz CT molecular complexity index is 787. The van der Waals surface area contributed by atoms with Crippen LogP contribution >= 0.6 is 11.3 Å². The van der Waals surface area contributed by atoms with Crippen molar-refractivity contribution in [2.45, 2.75) is 32.4 Å². The van der Waals surface area contributed by atoms with E-state index in [4.69, 9.17) is 4.74 Å². The van der Waals surface area contributed by atoms with Crippen LogP contribution in [0.4, 0.5) is 0 Å². The zero-order valence-electron chi connectivity index (χ0n) is 18.7. The van der Waals surface area contributed by atoms with Crippen molar-refractivity contribution in [3.05, 3.63) is 58.3 Å². The van der Waals surface area contributed by atoms with Crippen LogP contribution < -0.4 is 5.32 Å². The Morgan fingerprint density at radius 1 is 1.06 bits per heavy atom. The van der Waals surface area contributed by atoms with Crippen LogP contribution in [0.5, 0.6) is 0 Å². The highest BCUT2D eigenvalue weighted by atomic mass is 32.1. The summed E-state index contributed by atoms with van der Waals surface area (Å²) in [4.78, 5) is 11.0. The van der Waals surface area contributed by atoms with Crippen LogP contribution in [0.25, 0.3) is 0 Å². The molecule has 0 aliphatic carbocycles. The molecule has 0 bridgehead atoms. The number of hydrogen-bond acceptors (Lipinski definition) is 4. The van der Waals surface area contributed by atoms with Crippen molar-refractivity contribution >= 4 is 17.3 Å². The van der Waals surface area contributed by atoms with E-state index in [0.717, 1.165) is 44.7 Å². The fourth-order valence-corrected chi connectivity index (χ4v) is 5.36. The van der Waals surface area contributed by atoms with E-state index in [0.29, 0.717) is 12.5 Å². The summed E-state index contributed by atoms with van der Waals surface area (Å²) in [5, 5.41) is 5.84. The normalized spacial score (nSPS) is 21.0. The van der Waals surface area contributed by atoms with E-state index in [1.165, 1.54) is 42.8 Å². The van der Waals surface area contributed by atoms with Gasteiger partial charge in [-0.25, -0.2) is 0 Å². The van der Waals surface area contributed by atoms with E-state index in [-0.39, 0.29) is 0 Å². The van der Waals surface area contributed by atoms with Gasteiger partial charge in [-0.05, 0) is 55.3 Å². The van der Waals surface area contributed by atoms with Gasteiger partial charge in [0.1, 0.15) is 0 Å². The maximum atomic E-state index is 5.98. The number of hydrogen-bond donors (Lipinski definition) is 1. The first-order valence-corrected chi connectivity index (χ1v) is 12.5. The summed E-state index contributed by atoms with van der Waals surface area (Å²) in [6.07, 6.45) is 3.72. The summed E-state index contributed by atoms with van der Waals surface area (Å²) in [7, 11) is 1.91. The van der Waals surface area contributed by atoms with E-state index < -0.39 is 0 Å². The first-order valence-electron chi connectivity index (χ1n) is 11.6. The monoisotopic (exact) mass is 440 g/mol. The van der Waals surface area contributed by atoms with E-state index in [9.17, 15) is 0 Å². The molecule has 168 valence electrons. The van der Waals surface area contributed by atoms with Gasteiger partial charge in [-0.15, -0.1) is 11.3 Å². The summed E-state index contributed by atoms with van der Waals surface area (Å²) >= 11 is 1.87. The van der Waals surface area contributed by atoms with Crippen LogP contribution in [-0.2, 0) is 17.9 Å². The zero-order chi connectivity index (χ0) is 21.3. The molecule has 0 saturated carbocycles. The molecule has 1 atom stereocenters. The Balaban J connectivity index is 1.13. The smallest absolute Gasteiger partial charge is 0.193 e. The predicted molar refractivity (Wildman–Crippen MR) is 129 cm³/mol. The maximum Gasteiger partial charge on any atom is 0.193 e. The Labute approximate surface area is 191 Å². The second kappa shape index (κ2) is 11.7. The molecule has 1 aromatic heterocycles. The third-order valence-corrected chi connectivity index (χ3v) is 7.34. The van der Waals surface area contributed by atoms with Crippen molar-refractivity contribution in [2.75, 3.05) is 46.4 Å². The number of nitrogens with one attached hydrogen (secondary N) is 1. The molecule has 2 aliphatic heterocycles. The second-order valence-corrected chi connectivity index (χ2v) is 9.86. The van der Waals surface area contributed by atoms with Gasteiger partial charge in [0.15, 0.2) is 5.96 Å². The molecule has 2 aromatic rings. The van der Waals surface area contributed by atoms with Crippen LogP contribution in [0.1, 0.15) is 29.7 Å². The number of benzene rings is 1. The SMILES string of the molecule is CN=C(NCC1CCN(Cc2cccs2)CC1)N1CCC(COCc2ccccc2)C1. The molecule has 0 spiro atoms. The second-order valence-electron chi connectivity index (χ2n) is 8.83. The van der Waals surface area contributed by atoms with Gasteiger partial charge in [-0.1, -0.05) is 36.4 Å². The third-order valence-electron chi connectivity index (χ3n) is 6.48. The summed E-state index contributed by atoms with van der Waals surface area (Å²) in [6, 6.07) is 14.8. The van der Waals surface area contributed by atoms with Crippen molar-refractivity contribution in [1.82, 2.24) is 15.1 Å². The highest BCUT2D eigenvalue weighted by Crippen LogP contribution is 2.21. The van der Waals surface area contributed by atoms with Gasteiger partial charge in [-0.3, -0.25) is 9.89 Å². The molecule has 0 radical (unpaired) electrons. The summed E-state index contributed by atoms with van der Waals surface area (Å²) in [5.41, 5.74) is 1.25. The van der Waals surface area contributed by atoms with Gasteiger partial charge < -0.3 is 15.0 Å². The number of likely N-dealkylation sites (tertiary alicyclic amines) is 2. The number of guanidine groups is 1. The average Bonchev–Trinajstić information content (AvgIpc) is 3.49. The van der Waals surface area contributed by atoms with Gasteiger partial charge in [0.2, 0.25) is 0 Å². The molecule has 2 saturated heterocycles. The number of thiophene rings is 1. The third kappa shape index (κ3) is 6.79. The van der Waals surface area contributed by atoms with Crippen molar-refractivity contribution in [3.63, 3.8) is 0 Å². The first kappa shape index (κ1) is 22.3. The van der Waals surface area contributed by atoms with E-state index in [2.05, 4.69) is 61.9 Å². The Morgan fingerprint density at radius 2 is 1.87 bits per heavy atom. The van der Waals surface area contributed by atoms with Crippen LogP contribution in [0.3, 0.4) is 0 Å². The lowest BCUT2D eigenvalue weighted by atomic mass is 9.97. The highest BCUT2D eigenvalue weighted by molar-refractivity contribution is 7.09. The number of aliphatic imine (C=N–C) groups is 1. The molecule has 5 nitrogen and oxygen atoms in total. The molecule has 31 heavy (non-hydrogen) atoms. The lowest BCUT2D eigenvalue weighted by molar-refractivity contribution is 0.0906. The van der Waals surface area contributed by atoms with Crippen molar-refractivity contribution in [3.8, 4) is 0 Å². The molecular formula is C25H36N4OS. The first-order chi connectivity index (χ1) is 15.3. The van der Waals surface area contributed by atoms with E-state index in [1.807, 2.05) is 24.5 Å². The Kier molecular flexibility index (Phi) is 8.38. The molecule has 1 N–H and O–H groups in total. The average molecular weight is 441 g/mol. The van der Waals surface area contributed by atoms with Gasteiger partial charge in [-0.2, -0.15) is 0 Å². The summed E-state index contributed by atoms with van der Waals surface area (Å²) in [6.45, 7) is 8.18. The molecule has 2 aliphatic rings. The standard InChI is InChI=1S/C25H36N4OS/c1-26-25(27-16-21-9-12-28(13-10-21)18-24-8-5-15-31-24)29-14-11-23(17-29)20-30-19-22-6-3-2-4-7-22/h2-8,15,21,23H,9-14,16-20H2,1H3,(H,26,27). The number of piperidine rings is 1. The molecule has 1 aromatic carbocycles. The van der Waals surface area contributed by atoms with Crippen LogP contribution in [-0.4, -0.2) is 62.1 Å². The van der Waals surface area contributed by atoms with Gasteiger partial charge in [0, 0.05) is 44.0 Å². The molecular weight excluding hydrogens is 404 g/mol. The molecule has 4 rings (SSSR count). The van der Waals surface area contributed by atoms with Crippen molar-refractivity contribution < 1.29 is 4.74 Å². The van der Waals surface area contributed by atoms with Gasteiger partial charge >= 0.3 is 0 Å². The highest BCUT2D eigenvalue weighted by Gasteiger charge is 2.26. The van der Waals surface area contributed by atoms with Crippen molar-refractivity contribution in [1.29, 1.82) is 0 Å². The minimum atomic E-state index is 0.586. The molecule has 1 unspecified atom stereocenters. The summed E-state index contributed by atoms with van der Waals surface area (Å²) < 4.78 is 5.98. The van der Waals surface area contributed by atoms with E-state index >= 15 is 0 Å². The Morgan fingerprint density at radius 3 is 2.61 bits per heavy atom. The fourth-order valence-electron chi connectivity index (χ4n) is 4.62. The zero-order valence-corrected chi connectivity index (χ0v) is 19.5. The molecule has 0 amide bonds. The minimum absolute atomic E-state index is 0.586. The summed E-state index contributed by atoms with van der Waals surface area (Å²) in [5.74, 6) is 2.39. The number of rotatable bonds is 8. The van der Waals surface area contributed by atoms with E-state index in [1.54, 1.807) is 0 Å². The predicted octanol–water partition coefficient (Wildman–Crippen LogP) is 4.07. The topological polar surface area (TPSA) is 40.1 Å². The minimum Gasteiger partial charge on any atom is -0.376 e. The fraction of sp³-hybridized carbons (Fsp3) is 0.560. The Hall–Kier alpha value is -1.89. The molecule has 6 heteroatoms. The number of nitrogens with zero attached hydrogens (tertiary/aromatic N) is 3.